The highest BCUT2D eigenvalue weighted by Crippen LogP contribution is 2.23. The van der Waals surface area contributed by atoms with Crippen LogP contribution in [-0.2, 0) is 6.42 Å². The van der Waals surface area contributed by atoms with E-state index in [2.05, 4.69) is 34.2 Å². The second-order valence-corrected chi connectivity index (χ2v) is 3.91. The maximum atomic E-state index is 6.02. The van der Waals surface area contributed by atoms with Gasteiger partial charge in [-0.2, -0.15) is 0 Å². The van der Waals surface area contributed by atoms with Crippen molar-refractivity contribution < 1.29 is 0 Å². The minimum Gasteiger partial charge on any atom is -0.217 e. The Balaban J connectivity index is 2.42. The number of aromatic nitrogens is 3. The van der Waals surface area contributed by atoms with Crippen molar-refractivity contribution in [2.75, 3.05) is 0 Å². The van der Waals surface area contributed by atoms with E-state index in [1.54, 1.807) is 6.92 Å². The first-order chi connectivity index (χ1) is 7.70. The maximum Gasteiger partial charge on any atom is 0.159 e. The van der Waals surface area contributed by atoms with Crippen molar-refractivity contribution in [1.29, 1.82) is 0 Å². The Labute approximate surface area is 99.5 Å². The Morgan fingerprint density at radius 1 is 1.12 bits per heavy atom. The van der Waals surface area contributed by atoms with Crippen molar-refractivity contribution in [3.05, 3.63) is 40.8 Å². The van der Waals surface area contributed by atoms with Gasteiger partial charge < -0.3 is 0 Å². The quantitative estimate of drug-likeness (QED) is 0.800. The van der Waals surface area contributed by atoms with Crippen LogP contribution in [0.25, 0.3) is 11.3 Å². The summed E-state index contributed by atoms with van der Waals surface area (Å²) >= 11 is 6.02. The molecule has 0 aliphatic rings. The molecule has 16 heavy (non-hydrogen) atoms. The number of hydrogen-bond acceptors (Lipinski definition) is 3. The van der Waals surface area contributed by atoms with Gasteiger partial charge in [-0.25, -0.2) is 4.98 Å². The van der Waals surface area contributed by atoms with Crippen LogP contribution >= 0.6 is 11.6 Å². The Kier molecular flexibility index (Phi) is 3.15. The number of rotatable bonds is 2. The van der Waals surface area contributed by atoms with Crippen LogP contribution in [0.1, 0.15) is 18.3 Å². The van der Waals surface area contributed by atoms with Gasteiger partial charge in [0.15, 0.2) is 5.15 Å². The lowest BCUT2D eigenvalue weighted by Crippen LogP contribution is -1.96. The Morgan fingerprint density at radius 2 is 1.81 bits per heavy atom. The van der Waals surface area contributed by atoms with Gasteiger partial charge in [0.2, 0.25) is 0 Å². The summed E-state index contributed by atoms with van der Waals surface area (Å²) in [6.07, 6.45) is 1.02. The first kappa shape index (κ1) is 11.0. The second-order valence-electron chi connectivity index (χ2n) is 3.55. The van der Waals surface area contributed by atoms with E-state index >= 15 is 0 Å². The van der Waals surface area contributed by atoms with Gasteiger partial charge in [0.1, 0.15) is 11.5 Å². The lowest BCUT2D eigenvalue weighted by molar-refractivity contribution is 0.914. The van der Waals surface area contributed by atoms with Gasteiger partial charge in [-0.05, 0) is 18.9 Å². The van der Waals surface area contributed by atoms with Crippen molar-refractivity contribution in [1.82, 2.24) is 15.2 Å². The van der Waals surface area contributed by atoms with Crippen LogP contribution in [0.4, 0.5) is 0 Å². The molecule has 3 nitrogen and oxygen atoms in total. The summed E-state index contributed by atoms with van der Waals surface area (Å²) < 4.78 is 0. The van der Waals surface area contributed by atoms with Crippen LogP contribution in [0.5, 0.6) is 0 Å². The van der Waals surface area contributed by atoms with E-state index in [-0.39, 0.29) is 0 Å². The predicted octanol–water partition coefficient (Wildman–Crippen LogP) is 3.06. The van der Waals surface area contributed by atoms with Crippen LogP contribution in [-0.4, -0.2) is 15.2 Å². The molecule has 0 bridgehead atoms. The van der Waals surface area contributed by atoms with Gasteiger partial charge in [0.05, 0.1) is 0 Å². The first-order valence-corrected chi connectivity index (χ1v) is 5.54. The van der Waals surface area contributed by atoms with E-state index in [9.17, 15) is 0 Å². The Bertz CT molecular complexity index is 494. The molecule has 2 aromatic rings. The molecular weight excluding hydrogens is 222 g/mol. The van der Waals surface area contributed by atoms with Crippen molar-refractivity contribution in [3.63, 3.8) is 0 Å². The third kappa shape index (κ3) is 2.19. The SMILES string of the molecule is CCc1ccc(-c2nnc(C)nc2Cl)cc1. The average molecular weight is 234 g/mol. The number of benzene rings is 1. The zero-order chi connectivity index (χ0) is 11.5. The normalized spacial score (nSPS) is 10.4. The van der Waals surface area contributed by atoms with Gasteiger partial charge in [-0.15, -0.1) is 10.2 Å². The predicted molar refractivity (Wildman–Crippen MR) is 64.4 cm³/mol. The molecule has 0 aliphatic heterocycles. The standard InChI is InChI=1S/C12H12ClN3/c1-3-9-4-6-10(7-5-9)11-12(13)14-8(2)15-16-11/h4-7H,3H2,1-2H3. The third-order valence-corrected chi connectivity index (χ3v) is 2.65. The highest BCUT2D eigenvalue weighted by Gasteiger charge is 2.07. The van der Waals surface area contributed by atoms with E-state index in [4.69, 9.17) is 11.6 Å². The zero-order valence-electron chi connectivity index (χ0n) is 9.24. The molecular formula is C12H12ClN3. The Morgan fingerprint density at radius 3 is 2.38 bits per heavy atom. The van der Waals surface area contributed by atoms with Gasteiger partial charge >= 0.3 is 0 Å². The molecule has 0 fully saturated rings. The minimum absolute atomic E-state index is 0.400. The summed E-state index contributed by atoms with van der Waals surface area (Å²) in [7, 11) is 0. The summed E-state index contributed by atoms with van der Waals surface area (Å²) in [5.41, 5.74) is 2.87. The van der Waals surface area contributed by atoms with Gasteiger partial charge in [0, 0.05) is 5.56 Å². The molecule has 0 radical (unpaired) electrons. The van der Waals surface area contributed by atoms with E-state index in [0.717, 1.165) is 12.0 Å². The molecule has 1 aromatic heterocycles. The highest BCUT2D eigenvalue weighted by molar-refractivity contribution is 6.31. The first-order valence-electron chi connectivity index (χ1n) is 5.17. The van der Waals surface area contributed by atoms with Crippen LogP contribution in [0.15, 0.2) is 24.3 Å². The molecule has 0 unspecified atom stereocenters. The fourth-order valence-corrected chi connectivity index (χ4v) is 1.73. The molecule has 0 N–H and O–H groups in total. The zero-order valence-corrected chi connectivity index (χ0v) is 9.99. The van der Waals surface area contributed by atoms with E-state index in [0.29, 0.717) is 16.7 Å². The fourth-order valence-electron chi connectivity index (χ4n) is 1.46. The number of hydrogen-bond donors (Lipinski definition) is 0. The Hall–Kier alpha value is -1.48. The van der Waals surface area contributed by atoms with E-state index in [1.165, 1.54) is 5.56 Å². The van der Waals surface area contributed by atoms with Crippen LogP contribution in [0.3, 0.4) is 0 Å². The molecule has 0 saturated heterocycles. The van der Waals surface area contributed by atoms with Crippen molar-refractivity contribution in [2.45, 2.75) is 20.3 Å². The van der Waals surface area contributed by atoms with E-state index < -0.39 is 0 Å². The van der Waals surface area contributed by atoms with E-state index in [1.807, 2.05) is 12.1 Å². The molecule has 0 aliphatic carbocycles. The smallest absolute Gasteiger partial charge is 0.159 e. The number of nitrogens with zero attached hydrogens (tertiary/aromatic N) is 3. The third-order valence-electron chi connectivity index (χ3n) is 2.39. The summed E-state index contributed by atoms with van der Waals surface area (Å²) in [4.78, 5) is 4.08. The van der Waals surface area contributed by atoms with Crippen LogP contribution in [0.2, 0.25) is 5.15 Å². The topological polar surface area (TPSA) is 38.7 Å². The molecule has 0 saturated carbocycles. The minimum atomic E-state index is 0.400. The monoisotopic (exact) mass is 233 g/mol. The number of halogens is 1. The molecule has 0 atom stereocenters. The summed E-state index contributed by atoms with van der Waals surface area (Å²) in [5.74, 6) is 0.582. The van der Waals surface area contributed by atoms with Gasteiger partial charge in [-0.3, -0.25) is 0 Å². The average Bonchev–Trinajstić information content (AvgIpc) is 2.29. The number of aryl methyl sites for hydroxylation is 2. The van der Waals surface area contributed by atoms with Crippen LogP contribution in [0, 0.1) is 6.92 Å². The second kappa shape index (κ2) is 4.58. The largest absolute Gasteiger partial charge is 0.217 e. The lowest BCUT2D eigenvalue weighted by atomic mass is 10.1. The lowest BCUT2D eigenvalue weighted by Gasteiger charge is -2.03. The van der Waals surface area contributed by atoms with Gasteiger partial charge in [-0.1, -0.05) is 42.8 Å². The molecule has 0 spiro atoms. The molecule has 82 valence electrons. The molecule has 0 amide bonds. The summed E-state index contributed by atoms with van der Waals surface area (Å²) in [6.45, 7) is 3.89. The van der Waals surface area contributed by atoms with Crippen molar-refractivity contribution in [2.24, 2.45) is 0 Å². The fraction of sp³-hybridized carbons (Fsp3) is 0.250. The summed E-state index contributed by atoms with van der Waals surface area (Å²) in [5, 5.41) is 8.37. The highest BCUT2D eigenvalue weighted by atomic mass is 35.5. The van der Waals surface area contributed by atoms with Crippen LogP contribution < -0.4 is 0 Å². The van der Waals surface area contributed by atoms with Crippen molar-refractivity contribution >= 4 is 11.6 Å². The maximum absolute atomic E-state index is 6.02. The summed E-state index contributed by atoms with van der Waals surface area (Å²) in [6, 6.07) is 8.11. The molecule has 1 heterocycles. The molecule has 4 heteroatoms. The van der Waals surface area contributed by atoms with Crippen molar-refractivity contribution in [3.8, 4) is 11.3 Å². The molecule has 2 rings (SSSR count). The molecule has 1 aromatic carbocycles. The van der Waals surface area contributed by atoms with Gasteiger partial charge in [0.25, 0.3) is 0 Å².